The average Bonchev–Trinajstić information content (AvgIpc) is 3.00. The van der Waals surface area contributed by atoms with Crippen molar-refractivity contribution in [1.82, 2.24) is 0 Å². The summed E-state index contributed by atoms with van der Waals surface area (Å²) in [5.41, 5.74) is -1.99. The first-order chi connectivity index (χ1) is 11.5. The minimum absolute atomic E-state index is 0.137. The number of ether oxygens (including phenoxy) is 2. The molecule has 2 rings (SSSR count). The Balaban J connectivity index is 2.19. The summed E-state index contributed by atoms with van der Waals surface area (Å²) in [6.45, 7) is 10.2. The molecule has 0 aromatic heterocycles. The quantitative estimate of drug-likeness (QED) is 0.430. The van der Waals surface area contributed by atoms with E-state index in [-0.39, 0.29) is 30.2 Å². The first kappa shape index (κ1) is 20.2. The van der Waals surface area contributed by atoms with Crippen LogP contribution in [-0.2, 0) is 28.4 Å². The number of carbonyl (C=O) groups excluding carboxylic acids is 2. The van der Waals surface area contributed by atoms with E-state index in [1.807, 2.05) is 27.7 Å². The van der Waals surface area contributed by atoms with Crippen LogP contribution < -0.4 is 0 Å². The Bertz CT molecular complexity index is 498. The molecular formula is C18H31BO6. The van der Waals surface area contributed by atoms with Crippen molar-refractivity contribution in [2.45, 2.75) is 71.4 Å². The summed E-state index contributed by atoms with van der Waals surface area (Å²) >= 11 is 0. The third-order valence-electron chi connectivity index (χ3n) is 6.36. The van der Waals surface area contributed by atoms with Crippen LogP contribution in [0.25, 0.3) is 0 Å². The maximum absolute atomic E-state index is 12.4. The van der Waals surface area contributed by atoms with E-state index < -0.39 is 17.4 Å². The van der Waals surface area contributed by atoms with E-state index in [1.165, 1.54) is 14.2 Å². The number of esters is 2. The fourth-order valence-electron chi connectivity index (χ4n) is 4.18. The van der Waals surface area contributed by atoms with Gasteiger partial charge >= 0.3 is 19.1 Å². The molecule has 0 amide bonds. The van der Waals surface area contributed by atoms with Gasteiger partial charge in [-0.25, -0.2) is 0 Å². The smallest absolute Gasteiger partial charge is 0.458 e. The van der Waals surface area contributed by atoms with Gasteiger partial charge in [-0.1, -0.05) is 13.3 Å². The van der Waals surface area contributed by atoms with E-state index in [1.54, 1.807) is 0 Å². The van der Waals surface area contributed by atoms with E-state index in [0.29, 0.717) is 19.2 Å². The molecule has 25 heavy (non-hydrogen) atoms. The lowest BCUT2D eigenvalue weighted by molar-refractivity contribution is -0.169. The van der Waals surface area contributed by atoms with Gasteiger partial charge in [0, 0.05) is 0 Å². The molecule has 0 radical (unpaired) electrons. The van der Waals surface area contributed by atoms with Gasteiger partial charge < -0.3 is 18.8 Å². The van der Waals surface area contributed by atoms with Gasteiger partial charge in [0.1, 0.15) is 0 Å². The lowest BCUT2D eigenvalue weighted by atomic mass is 9.72. The van der Waals surface area contributed by atoms with Gasteiger partial charge in [0.2, 0.25) is 0 Å². The highest BCUT2D eigenvalue weighted by Gasteiger charge is 2.59. The first-order valence-electron chi connectivity index (χ1n) is 9.05. The minimum atomic E-state index is -1.21. The molecule has 1 aliphatic heterocycles. The van der Waals surface area contributed by atoms with Crippen molar-refractivity contribution >= 4 is 19.1 Å². The number of methoxy groups -OCH3 is 2. The van der Waals surface area contributed by atoms with Gasteiger partial charge in [0.15, 0.2) is 5.41 Å². The van der Waals surface area contributed by atoms with Crippen LogP contribution in [-0.4, -0.2) is 44.5 Å². The predicted molar refractivity (Wildman–Crippen MR) is 93.9 cm³/mol. The normalized spacial score (nSPS) is 29.5. The van der Waals surface area contributed by atoms with Gasteiger partial charge in [0.25, 0.3) is 0 Å². The van der Waals surface area contributed by atoms with Crippen molar-refractivity contribution in [2.75, 3.05) is 14.2 Å². The Morgan fingerprint density at radius 1 is 0.960 bits per heavy atom. The molecule has 1 saturated carbocycles. The molecule has 1 saturated heterocycles. The van der Waals surface area contributed by atoms with E-state index in [4.69, 9.17) is 18.8 Å². The molecule has 2 aliphatic rings. The van der Waals surface area contributed by atoms with Gasteiger partial charge in [-0.15, -0.1) is 0 Å². The highest BCUT2D eigenvalue weighted by molar-refractivity contribution is 6.45. The van der Waals surface area contributed by atoms with Gasteiger partial charge in [-0.05, 0) is 58.7 Å². The highest BCUT2D eigenvalue weighted by Crippen LogP contribution is 2.51. The molecule has 1 aliphatic carbocycles. The van der Waals surface area contributed by atoms with Crippen LogP contribution in [0.3, 0.4) is 0 Å². The topological polar surface area (TPSA) is 71.1 Å². The van der Waals surface area contributed by atoms with Crippen LogP contribution in [0.15, 0.2) is 0 Å². The average molecular weight is 354 g/mol. The second-order valence-electron chi connectivity index (χ2n) is 8.32. The summed E-state index contributed by atoms with van der Waals surface area (Å²) < 4.78 is 22.1. The lowest BCUT2D eigenvalue weighted by Crippen LogP contribution is -2.41. The standard InChI is InChI=1S/C18H31BO6/c1-8-12-9-18(14(20)22-6,15(21)23-7)10-13(12)11-19-24-16(2,3)17(4,5)25-19/h12-13H,8-11H2,1-7H3/t12-,13+/m0/s1. The molecule has 0 N–H and O–H groups in total. The molecule has 2 atom stereocenters. The Morgan fingerprint density at radius 2 is 1.40 bits per heavy atom. The van der Waals surface area contributed by atoms with Crippen LogP contribution in [0.5, 0.6) is 0 Å². The molecule has 1 heterocycles. The summed E-state index contributed by atoms with van der Waals surface area (Å²) in [5.74, 6) is -0.654. The number of hydrogen-bond acceptors (Lipinski definition) is 6. The molecule has 0 aromatic carbocycles. The zero-order valence-electron chi connectivity index (χ0n) is 16.5. The summed E-state index contributed by atoms with van der Waals surface area (Å²) in [6, 6.07) is 0. The lowest BCUT2D eigenvalue weighted by Gasteiger charge is -2.32. The molecule has 0 bridgehead atoms. The van der Waals surface area contributed by atoms with E-state index in [0.717, 1.165) is 6.42 Å². The molecule has 142 valence electrons. The number of hydrogen-bond donors (Lipinski definition) is 0. The minimum Gasteiger partial charge on any atom is -0.468 e. The van der Waals surface area contributed by atoms with Crippen LogP contribution in [0, 0.1) is 17.3 Å². The second-order valence-corrected chi connectivity index (χ2v) is 8.32. The molecule has 7 heteroatoms. The van der Waals surface area contributed by atoms with Crippen LogP contribution >= 0.6 is 0 Å². The predicted octanol–water partition coefficient (Wildman–Crippen LogP) is 2.85. The first-order valence-corrected chi connectivity index (χ1v) is 9.05. The Kier molecular flexibility index (Phi) is 5.60. The van der Waals surface area contributed by atoms with Gasteiger partial charge in [-0.3, -0.25) is 9.59 Å². The van der Waals surface area contributed by atoms with E-state index in [2.05, 4.69) is 6.92 Å². The molecular weight excluding hydrogens is 323 g/mol. The Labute approximate surface area is 151 Å². The van der Waals surface area contributed by atoms with Gasteiger partial charge in [-0.2, -0.15) is 0 Å². The molecule has 0 aromatic rings. The van der Waals surface area contributed by atoms with Crippen molar-refractivity contribution in [3.05, 3.63) is 0 Å². The fourth-order valence-corrected chi connectivity index (χ4v) is 4.18. The van der Waals surface area contributed by atoms with E-state index >= 15 is 0 Å². The third-order valence-corrected chi connectivity index (χ3v) is 6.36. The molecule has 2 fully saturated rings. The van der Waals surface area contributed by atoms with Crippen molar-refractivity contribution in [3.63, 3.8) is 0 Å². The maximum atomic E-state index is 12.4. The summed E-state index contributed by atoms with van der Waals surface area (Å²) in [7, 11) is 2.29. The summed E-state index contributed by atoms with van der Waals surface area (Å²) in [5, 5.41) is 0. The summed E-state index contributed by atoms with van der Waals surface area (Å²) in [4.78, 5) is 24.8. The van der Waals surface area contributed by atoms with Gasteiger partial charge in [0.05, 0.1) is 25.4 Å². The van der Waals surface area contributed by atoms with Crippen molar-refractivity contribution in [2.24, 2.45) is 17.3 Å². The van der Waals surface area contributed by atoms with Crippen LogP contribution in [0.1, 0.15) is 53.9 Å². The van der Waals surface area contributed by atoms with Crippen molar-refractivity contribution < 1.29 is 28.4 Å². The largest absolute Gasteiger partial charge is 0.468 e. The fraction of sp³-hybridized carbons (Fsp3) is 0.889. The third kappa shape index (κ3) is 3.45. The SMILES string of the molecule is CC[C@H]1CC(C(=O)OC)(C(=O)OC)C[C@@H]1CB1OC(C)(C)C(C)(C)O1. The second kappa shape index (κ2) is 6.91. The number of rotatable bonds is 5. The van der Waals surface area contributed by atoms with Crippen LogP contribution in [0.2, 0.25) is 6.32 Å². The monoisotopic (exact) mass is 354 g/mol. The van der Waals surface area contributed by atoms with E-state index in [9.17, 15) is 9.59 Å². The van der Waals surface area contributed by atoms with Crippen LogP contribution in [0.4, 0.5) is 0 Å². The molecule has 0 unspecified atom stereocenters. The Morgan fingerprint density at radius 3 is 1.80 bits per heavy atom. The number of carbonyl (C=O) groups is 2. The Hall–Kier alpha value is -1.08. The zero-order chi connectivity index (χ0) is 19.0. The summed E-state index contributed by atoms with van der Waals surface area (Å²) in [6.07, 6.45) is 2.39. The van der Waals surface area contributed by atoms with Crippen molar-refractivity contribution in [3.8, 4) is 0 Å². The molecule has 6 nitrogen and oxygen atoms in total. The highest BCUT2D eigenvalue weighted by atomic mass is 16.7. The maximum Gasteiger partial charge on any atom is 0.458 e. The molecule has 0 spiro atoms. The zero-order valence-corrected chi connectivity index (χ0v) is 16.5. The van der Waals surface area contributed by atoms with Crippen molar-refractivity contribution in [1.29, 1.82) is 0 Å².